The van der Waals surface area contributed by atoms with Gasteiger partial charge in [0, 0.05) is 9.37 Å². The molecule has 0 unspecified atom stereocenters. The summed E-state index contributed by atoms with van der Waals surface area (Å²) in [6.45, 7) is 4.02. The van der Waals surface area contributed by atoms with E-state index in [1.54, 1.807) is 12.1 Å². The maximum absolute atomic E-state index is 13.6. The molecule has 0 aromatic heterocycles. The molecule has 2 aromatic carbocycles. The number of benzene rings is 2. The van der Waals surface area contributed by atoms with Crippen LogP contribution in [-0.2, 0) is 4.79 Å². The minimum Gasteiger partial charge on any atom is -0.323 e. The molecule has 5 heteroatoms. The smallest absolute Gasteiger partial charge is 0.234 e. The Morgan fingerprint density at radius 3 is 2.71 bits per heavy atom. The summed E-state index contributed by atoms with van der Waals surface area (Å²) in [6.07, 6.45) is 0. The van der Waals surface area contributed by atoms with Crippen LogP contribution in [-0.4, -0.2) is 11.7 Å². The summed E-state index contributed by atoms with van der Waals surface area (Å²) in [4.78, 5) is 13.0. The lowest BCUT2D eigenvalue weighted by molar-refractivity contribution is -0.113. The van der Waals surface area contributed by atoms with E-state index in [1.807, 2.05) is 32.0 Å². The SMILES string of the molecule is Cc1ccc(C)c(SCC(=O)Nc2ccc(Br)cc2F)c1. The van der Waals surface area contributed by atoms with E-state index in [0.717, 1.165) is 16.0 Å². The molecule has 0 saturated carbocycles. The second-order valence-electron chi connectivity index (χ2n) is 4.73. The third-order valence-corrected chi connectivity index (χ3v) is 4.56. The lowest BCUT2D eigenvalue weighted by Crippen LogP contribution is -2.15. The number of carbonyl (C=O) groups excluding carboxylic acids is 1. The fraction of sp³-hybridized carbons (Fsp3) is 0.188. The van der Waals surface area contributed by atoms with Gasteiger partial charge in [0.1, 0.15) is 5.82 Å². The monoisotopic (exact) mass is 367 g/mol. The van der Waals surface area contributed by atoms with Gasteiger partial charge in [0.15, 0.2) is 0 Å². The third kappa shape index (κ3) is 4.58. The van der Waals surface area contributed by atoms with Gasteiger partial charge in [-0.1, -0.05) is 33.6 Å². The largest absolute Gasteiger partial charge is 0.323 e. The first-order valence-corrected chi connectivity index (χ1v) is 8.18. The molecule has 21 heavy (non-hydrogen) atoms. The molecule has 0 aliphatic rings. The summed E-state index contributed by atoms with van der Waals surface area (Å²) >= 11 is 4.64. The van der Waals surface area contributed by atoms with Crippen molar-refractivity contribution in [2.75, 3.05) is 11.1 Å². The Morgan fingerprint density at radius 1 is 1.24 bits per heavy atom. The molecule has 0 bridgehead atoms. The van der Waals surface area contributed by atoms with Crippen molar-refractivity contribution in [2.24, 2.45) is 0 Å². The van der Waals surface area contributed by atoms with Crippen LogP contribution in [0.1, 0.15) is 11.1 Å². The normalized spacial score (nSPS) is 10.5. The number of rotatable bonds is 4. The summed E-state index contributed by atoms with van der Waals surface area (Å²) in [5.74, 6) is -0.420. The molecule has 2 nitrogen and oxygen atoms in total. The van der Waals surface area contributed by atoms with Crippen molar-refractivity contribution in [2.45, 2.75) is 18.7 Å². The average molecular weight is 368 g/mol. The van der Waals surface area contributed by atoms with E-state index in [1.165, 1.54) is 17.8 Å². The quantitative estimate of drug-likeness (QED) is 0.775. The molecular weight excluding hydrogens is 353 g/mol. The Labute approximate surface area is 136 Å². The molecule has 0 aliphatic carbocycles. The number of halogens is 2. The summed E-state index contributed by atoms with van der Waals surface area (Å²) in [6, 6.07) is 10.7. The molecule has 1 amide bonds. The predicted molar refractivity (Wildman–Crippen MR) is 89.4 cm³/mol. The molecule has 0 aliphatic heterocycles. The van der Waals surface area contributed by atoms with Gasteiger partial charge in [-0.25, -0.2) is 4.39 Å². The third-order valence-electron chi connectivity index (χ3n) is 2.91. The van der Waals surface area contributed by atoms with Gasteiger partial charge in [0.2, 0.25) is 5.91 Å². The van der Waals surface area contributed by atoms with Crippen LogP contribution in [0.25, 0.3) is 0 Å². The van der Waals surface area contributed by atoms with E-state index >= 15 is 0 Å². The number of hydrogen-bond donors (Lipinski definition) is 1. The van der Waals surface area contributed by atoms with Gasteiger partial charge in [-0.3, -0.25) is 4.79 Å². The number of carbonyl (C=O) groups is 1. The fourth-order valence-electron chi connectivity index (χ4n) is 1.78. The summed E-state index contributed by atoms with van der Waals surface area (Å²) < 4.78 is 14.3. The van der Waals surface area contributed by atoms with Crippen molar-refractivity contribution in [1.29, 1.82) is 0 Å². The Kier molecular flexibility index (Phi) is 5.42. The van der Waals surface area contributed by atoms with Gasteiger partial charge < -0.3 is 5.32 Å². The van der Waals surface area contributed by atoms with Crippen LogP contribution < -0.4 is 5.32 Å². The number of thioether (sulfide) groups is 1. The van der Waals surface area contributed by atoms with Crippen molar-refractivity contribution < 1.29 is 9.18 Å². The minimum atomic E-state index is -0.450. The second kappa shape index (κ2) is 7.09. The van der Waals surface area contributed by atoms with Crippen molar-refractivity contribution in [1.82, 2.24) is 0 Å². The molecule has 2 aromatic rings. The zero-order valence-electron chi connectivity index (χ0n) is 11.7. The molecule has 1 N–H and O–H groups in total. The number of nitrogens with one attached hydrogen (secondary N) is 1. The van der Waals surface area contributed by atoms with Crippen molar-refractivity contribution in [3.05, 3.63) is 57.8 Å². The van der Waals surface area contributed by atoms with Gasteiger partial charge in [-0.2, -0.15) is 0 Å². The lowest BCUT2D eigenvalue weighted by atomic mass is 10.2. The van der Waals surface area contributed by atoms with E-state index in [-0.39, 0.29) is 17.3 Å². The maximum Gasteiger partial charge on any atom is 0.234 e. The van der Waals surface area contributed by atoms with Gasteiger partial charge in [0.05, 0.1) is 11.4 Å². The first kappa shape index (κ1) is 16.0. The van der Waals surface area contributed by atoms with Crippen LogP contribution in [0.4, 0.5) is 10.1 Å². The van der Waals surface area contributed by atoms with Crippen molar-refractivity contribution in [3.8, 4) is 0 Å². The first-order valence-electron chi connectivity index (χ1n) is 6.40. The zero-order chi connectivity index (χ0) is 15.4. The van der Waals surface area contributed by atoms with Crippen LogP contribution in [0.3, 0.4) is 0 Å². The Hall–Kier alpha value is -1.33. The summed E-state index contributed by atoms with van der Waals surface area (Å²) in [7, 11) is 0. The van der Waals surface area contributed by atoms with Crippen LogP contribution in [0.5, 0.6) is 0 Å². The number of amides is 1. The van der Waals surface area contributed by atoms with Gasteiger partial charge in [0.25, 0.3) is 0 Å². The molecule has 0 heterocycles. The van der Waals surface area contributed by atoms with Gasteiger partial charge in [-0.15, -0.1) is 11.8 Å². The zero-order valence-corrected chi connectivity index (χ0v) is 14.1. The topological polar surface area (TPSA) is 29.1 Å². The highest BCUT2D eigenvalue weighted by atomic mass is 79.9. The molecule has 0 radical (unpaired) electrons. The van der Waals surface area contributed by atoms with E-state index in [0.29, 0.717) is 4.47 Å². The standard InChI is InChI=1S/C16H15BrFNOS/c1-10-3-4-11(2)15(7-10)21-9-16(20)19-14-6-5-12(17)8-13(14)18/h3-8H,9H2,1-2H3,(H,19,20). The van der Waals surface area contributed by atoms with Crippen LogP contribution in [0.15, 0.2) is 45.8 Å². The second-order valence-corrected chi connectivity index (χ2v) is 6.66. The summed E-state index contributed by atoms with van der Waals surface area (Å²) in [5.41, 5.74) is 2.49. The van der Waals surface area contributed by atoms with Crippen LogP contribution >= 0.6 is 27.7 Å². The Morgan fingerprint density at radius 2 is 2.00 bits per heavy atom. The van der Waals surface area contributed by atoms with E-state index < -0.39 is 5.82 Å². The summed E-state index contributed by atoms with van der Waals surface area (Å²) in [5, 5.41) is 2.59. The van der Waals surface area contributed by atoms with Crippen molar-refractivity contribution >= 4 is 39.3 Å². The maximum atomic E-state index is 13.6. The number of anilines is 1. The Balaban J connectivity index is 1.97. The minimum absolute atomic E-state index is 0.199. The molecular formula is C16H15BrFNOS. The lowest BCUT2D eigenvalue weighted by Gasteiger charge is -2.08. The number of hydrogen-bond acceptors (Lipinski definition) is 2. The number of aryl methyl sites for hydroxylation is 2. The fourth-order valence-corrected chi connectivity index (χ4v) is 3.04. The molecule has 0 atom stereocenters. The molecule has 0 spiro atoms. The molecule has 2 rings (SSSR count). The van der Waals surface area contributed by atoms with Gasteiger partial charge in [-0.05, 0) is 43.7 Å². The molecule has 0 saturated heterocycles. The Bertz CT molecular complexity index is 675. The highest BCUT2D eigenvalue weighted by molar-refractivity contribution is 9.10. The van der Waals surface area contributed by atoms with E-state index in [9.17, 15) is 9.18 Å². The van der Waals surface area contributed by atoms with Crippen LogP contribution in [0.2, 0.25) is 0 Å². The van der Waals surface area contributed by atoms with E-state index in [2.05, 4.69) is 21.2 Å². The first-order chi connectivity index (χ1) is 9.95. The highest BCUT2D eigenvalue weighted by Gasteiger charge is 2.09. The van der Waals surface area contributed by atoms with Crippen molar-refractivity contribution in [3.63, 3.8) is 0 Å². The average Bonchev–Trinajstić information content (AvgIpc) is 2.43. The predicted octanol–water partition coefficient (Wildman–Crippen LogP) is 4.94. The molecule has 0 fully saturated rings. The van der Waals surface area contributed by atoms with Crippen LogP contribution in [0, 0.1) is 19.7 Å². The van der Waals surface area contributed by atoms with E-state index in [4.69, 9.17) is 0 Å². The van der Waals surface area contributed by atoms with Gasteiger partial charge >= 0.3 is 0 Å². The molecule has 110 valence electrons. The highest BCUT2D eigenvalue weighted by Crippen LogP contribution is 2.24.